The lowest BCUT2D eigenvalue weighted by Gasteiger charge is -2.13. The number of hydrogen-bond acceptors (Lipinski definition) is 4. The van der Waals surface area contributed by atoms with Gasteiger partial charge in [0.2, 0.25) is 0 Å². The molecule has 0 atom stereocenters. The van der Waals surface area contributed by atoms with Crippen molar-refractivity contribution in [3.05, 3.63) is 42.1 Å². The third-order valence-corrected chi connectivity index (χ3v) is 2.86. The molecule has 4 nitrogen and oxygen atoms in total. The van der Waals surface area contributed by atoms with E-state index in [9.17, 15) is 26.3 Å². The van der Waals surface area contributed by atoms with Crippen molar-refractivity contribution in [3.63, 3.8) is 0 Å². The van der Waals surface area contributed by atoms with Crippen molar-refractivity contribution in [1.29, 1.82) is 0 Å². The summed E-state index contributed by atoms with van der Waals surface area (Å²) in [5, 5.41) is 17.9. The monoisotopic (exact) mass is 351 g/mol. The van der Waals surface area contributed by atoms with Gasteiger partial charge >= 0.3 is 19.7 Å². The second-order valence-corrected chi connectivity index (χ2v) is 4.58. The Hall–Kier alpha value is -2.27. The fourth-order valence-corrected chi connectivity index (χ4v) is 1.89. The first-order valence-corrected chi connectivity index (χ1v) is 6.28. The number of rotatable bonds is 3. The number of pyridine rings is 1. The second-order valence-electron chi connectivity index (χ2n) is 4.58. The van der Waals surface area contributed by atoms with Gasteiger partial charge in [-0.15, -0.1) is 13.2 Å². The van der Waals surface area contributed by atoms with Crippen molar-refractivity contribution in [2.24, 2.45) is 0 Å². The summed E-state index contributed by atoms with van der Waals surface area (Å²) in [6, 6.07) is 5.95. The molecule has 0 amide bonds. The third-order valence-electron chi connectivity index (χ3n) is 2.86. The largest absolute Gasteiger partial charge is 0.573 e. The van der Waals surface area contributed by atoms with Gasteiger partial charge in [-0.1, -0.05) is 6.07 Å². The molecule has 2 N–H and O–H groups in total. The molecule has 1 aromatic heterocycles. The van der Waals surface area contributed by atoms with Gasteiger partial charge < -0.3 is 14.8 Å². The van der Waals surface area contributed by atoms with Gasteiger partial charge in [0.15, 0.2) is 0 Å². The van der Waals surface area contributed by atoms with Gasteiger partial charge in [0, 0.05) is 11.0 Å². The molecule has 2 rings (SSSR count). The predicted octanol–water partition coefficient (Wildman–Crippen LogP) is 2.35. The first kappa shape index (κ1) is 18.1. The van der Waals surface area contributed by atoms with Gasteiger partial charge in [0.25, 0.3) is 0 Å². The molecular weight excluding hydrogens is 343 g/mol. The van der Waals surface area contributed by atoms with Crippen molar-refractivity contribution in [1.82, 2.24) is 4.98 Å². The average molecular weight is 351 g/mol. The summed E-state index contributed by atoms with van der Waals surface area (Å²) >= 11 is 0. The minimum atomic E-state index is -4.94. The molecular formula is C13H8BF6NO3. The zero-order valence-electron chi connectivity index (χ0n) is 11.6. The summed E-state index contributed by atoms with van der Waals surface area (Å²) in [6.07, 6.45) is -9.82. The summed E-state index contributed by atoms with van der Waals surface area (Å²) in [5.41, 5.74) is -2.44. The van der Waals surface area contributed by atoms with E-state index in [4.69, 9.17) is 10.0 Å². The van der Waals surface area contributed by atoms with E-state index in [-0.39, 0.29) is 11.3 Å². The lowest BCUT2D eigenvalue weighted by molar-refractivity contribution is -0.274. The van der Waals surface area contributed by atoms with Crippen LogP contribution >= 0.6 is 0 Å². The first-order valence-electron chi connectivity index (χ1n) is 6.28. The van der Waals surface area contributed by atoms with Gasteiger partial charge in [-0.25, -0.2) is 4.98 Å². The van der Waals surface area contributed by atoms with Crippen LogP contribution in [0.3, 0.4) is 0 Å². The molecule has 0 aliphatic rings. The zero-order chi connectivity index (χ0) is 18.1. The highest BCUT2D eigenvalue weighted by Gasteiger charge is 2.38. The average Bonchev–Trinajstić information content (AvgIpc) is 2.44. The van der Waals surface area contributed by atoms with Gasteiger partial charge in [-0.3, -0.25) is 0 Å². The lowest BCUT2D eigenvalue weighted by Crippen LogP contribution is -2.37. The fourth-order valence-electron chi connectivity index (χ4n) is 1.89. The standard InChI is InChI=1S/C13H8BF6NO3/c15-12(16,17)11-9(14(22)23)5-6-10(21-11)7-1-3-8(4-2-7)24-13(18,19)20/h1-6,22-23H. The van der Waals surface area contributed by atoms with Crippen LogP contribution in [0.15, 0.2) is 36.4 Å². The van der Waals surface area contributed by atoms with E-state index in [1.807, 2.05) is 0 Å². The van der Waals surface area contributed by atoms with Gasteiger partial charge in [-0.2, -0.15) is 13.2 Å². The minimum absolute atomic E-state index is 0.0917. The zero-order valence-corrected chi connectivity index (χ0v) is 11.6. The molecule has 24 heavy (non-hydrogen) atoms. The second kappa shape index (κ2) is 6.32. The van der Waals surface area contributed by atoms with Crippen LogP contribution in [0.25, 0.3) is 11.3 Å². The minimum Gasteiger partial charge on any atom is -0.423 e. The van der Waals surface area contributed by atoms with Crippen molar-refractivity contribution < 1.29 is 41.1 Å². The van der Waals surface area contributed by atoms with Crippen LogP contribution in [0.2, 0.25) is 0 Å². The van der Waals surface area contributed by atoms with E-state index in [2.05, 4.69) is 9.72 Å². The third kappa shape index (κ3) is 4.39. The SMILES string of the molecule is OB(O)c1ccc(-c2ccc(OC(F)(F)F)cc2)nc1C(F)(F)F. The molecule has 0 aliphatic carbocycles. The maximum absolute atomic E-state index is 12.9. The van der Waals surface area contributed by atoms with Crippen molar-refractivity contribution >= 4 is 12.6 Å². The summed E-state index contributed by atoms with van der Waals surface area (Å²) in [5.74, 6) is -0.537. The molecule has 2 aromatic rings. The van der Waals surface area contributed by atoms with Gasteiger partial charge in [0.05, 0.1) is 5.69 Å². The van der Waals surface area contributed by atoms with E-state index < -0.39 is 36.6 Å². The highest BCUT2D eigenvalue weighted by molar-refractivity contribution is 6.59. The molecule has 0 radical (unpaired) electrons. The Balaban J connectivity index is 2.39. The maximum Gasteiger partial charge on any atom is 0.573 e. The molecule has 0 aliphatic heterocycles. The Kier molecular flexibility index (Phi) is 4.76. The van der Waals surface area contributed by atoms with Crippen LogP contribution in [0.1, 0.15) is 5.69 Å². The quantitative estimate of drug-likeness (QED) is 0.658. The number of aromatic nitrogens is 1. The maximum atomic E-state index is 12.9. The molecule has 0 spiro atoms. The van der Waals surface area contributed by atoms with Crippen LogP contribution in [-0.2, 0) is 6.18 Å². The number of nitrogens with zero attached hydrogens (tertiary/aromatic N) is 1. The fraction of sp³-hybridized carbons (Fsp3) is 0.154. The molecule has 11 heteroatoms. The molecule has 0 unspecified atom stereocenters. The molecule has 0 bridgehead atoms. The van der Waals surface area contributed by atoms with Crippen molar-refractivity contribution in [3.8, 4) is 17.0 Å². The predicted molar refractivity (Wildman–Crippen MR) is 71.2 cm³/mol. The van der Waals surface area contributed by atoms with Crippen LogP contribution in [0.5, 0.6) is 5.75 Å². The van der Waals surface area contributed by atoms with Gasteiger partial charge in [0.1, 0.15) is 11.4 Å². The summed E-state index contributed by atoms with van der Waals surface area (Å²) < 4.78 is 78.6. The van der Waals surface area contributed by atoms with Crippen molar-refractivity contribution in [2.75, 3.05) is 0 Å². The Morgan fingerprint density at radius 1 is 0.875 bits per heavy atom. The topological polar surface area (TPSA) is 62.6 Å². The van der Waals surface area contributed by atoms with E-state index in [1.165, 1.54) is 0 Å². The van der Waals surface area contributed by atoms with Gasteiger partial charge in [-0.05, 0) is 30.3 Å². The molecule has 128 valence electrons. The number of ether oxygens (including phenoxy) is 1. The van der Waals surface area contributed by atoms with Crippen LogP contribution < -0.4 is 10.2 Å². The summed E-state index contributed by atoms with van der Waals surface area (Å²) in [4.78, 5) is 3.33. The van der Waals surface area contributed by atoms with Crippen molar-refractivity contribution in [2.45, 2.75) is 12.5 Å². The van der Waals surface area contributed by atoms with E-state index >= 15 is 0 Å². The Bertz CT molecular complexity index is 715. The molecule has 1 heterocycles. The van der Waals surface area contributed by atoms with Crippen LogP contribution in [0.4, 0.5) is 26.3 Å². The first-order chi connectivity index (χ1) is 11.0. The highest BCUT2D eigenvalue weighted by Crippen LogP contribution is 2.30. The molecule has 0 fully saturated rings. The summed E-state index contributed by atoms with van der Waals surface area (Å²) in [7, 11) is -2.37. The van der Waals surface area contributed by atoms with Crippen LogP contribution in [-0.4, -0.2) is 28.5 Å². The number of halogens is 6. The number of benzene rings is 1. The number of alkyl halides is 6. The summed E-state index contributed by atoms with van der Waals surface area (Å²) in [6.45, 7) is 0. The van der Waals surface area contributed by atoms with E-state index in [0.717, 1.165) is 36.4 Å². The Labute approximate surface area is 131 Å². The molecule has 0 saturated heterocycles. The Morgan fingerprint density at radius 2 is 1.46 bits per heavy atom. The smallest absolute Gasteiger partial charge is 0.423 e. The normalized spacial score (nSPS) is 12.2. The number of hydrogen-bond donors (Lipinski definition) is 2. The highest BCUT2D eigenvalue weighted by atomic mass is 19.4. The molecule has 0 saturated carbocycles. The van der Waals surface area contributed by atoms with E-state index in [0.29, 0.717) is 0 Å². The van der Waals surface area contributed by atoms with Crippen LogP contribution in [0, 0.1) is 0 Å². The van der Waals surface area contributed by atoms with E-state index in [1.54, 1.807) is 0 Å². The Morgan fingerprint density at radius 3 is 1.92 bits per heavy atom. The lowest BCUT2D eigenvalue weighted by atomic mass is 9.78. The molecule has 1 aromatic carbocycles.